The lowest BCUT2D eigenvalue weighted by Crippen LogP contribution is -2.31. The molecule has 17 heavy (non-hydrogen) atoms. The highest BCUT2D eigenvalue weighted by Gasteiger charge is 2.14. The minimum Gasteiger partial charge on any atom is -0.377 e. The molecule has 4 nitrogen and oxygen atoms in total. The molecule has 0 aliphatic rings. The van der Waals surface area contributed by atoms with Crippen molar-refractivity contribution in [3.8, 4) is 0 Å². The van der Waals surface area contributed by atoms with Gasteiger partial charge >= 0.3 is 0 Å². The van der Waals surface area contributed by atoms with Gasteiger partial charge in [-0.2, -0.15) is 0 Å². The van der Waals surface area contributed by atoms with Gasteiger partial charge in [0.15, 0.2) is 0 Å². The fourth-order valence-corrected chi connectivity index (χ4v) is 1.45. The van der Waals surface area contributed by atoms with Crippen molar-refractivity contribution in [3.63, 3.8) is 0 Å². The maximum absolute atomic E-state index is 12.0. The largest absolute Gasteiger partial charge is 0.377 e. The van der Waals surface area contributed by atoms with Crippen molar-refractivity contribution in [2.75, 3.05) is 20.2 Å². The Bertz CT molecular complexity index is 383. The van der Waals surface area contributed by atoms with Gasteiger partial charge in [0.05, 0.1) is 23.3 Å². The van der Waals surface area contributed by atoms with E-state index in [0.717, 1.165) is 0 Å². The molecule has 0 bridgehead atoms. The van der Waals surface area contributed by atoms with Crippen LogP contribution in [0.5, 0.6) is 0 Å². The summed E-state index contributed by atoms with van der Waals surface area (Å²) < 4.78 is 5.39. The number of nitrogens with zero attached hydrogens (tertiary/aromatic N) is 2. The van der Waals surface area contributed by atoms with Gasteiger partial charge in [-0.1, -0.05) is 11.6 Å². The van der Waals surface area contributed by atoms with Crippen LogP contribution in [-0.2, 0) is 4.74 Å². The molecule has 1 aromatic heterocycles. The van der Waals surface area contributed by atoms with Gasteiger partial charge in [0.2, 0.25) is 0 Å². The summed E-state index contributed by atoms with van der Waals surface area (Å²) in [5, 5.41) is 0.418. The number of carbonyl (C=O) groups excluding carboxylic acids is 1. The monoisotopic (exact) mass is 256 g/mol. The van der Waals surface area contributed by atoms with E-state index in [-0.39, 0.29) is 12.0 Å². The fraction of sp³-hybridized carbons (Fsp3) is 0.500. The van der Waals surface area contributed by atoms with Gasteiger partial charge in [0, 0.05) is 26.0 Å². The van der Waals surface area contributed by atoms with Crippen molar-refractivity contribution in [1.82, 2.24) is 9.88 Å². The third-order valence-corrected chi connectivity index (χ3v) is 2.55. The third kappa shape index (κ3) is 4.32. The SMILES string of the molecule is CC(C)OCCN(C)C(=O)c1cnccc1Cl. The first kappa shape index (κ1) is 13.9. The van der Waals surface area contributed by atoms with Crippen molar-refractivity contribution in [1.29, 1.82) is 0 Å². The Morgan fingerprint density at radius 2 is 2.29 bits per heavy atom. The van der Waals surface area contributed by atoms with Crippen LogP contribution in [0.3, 0.4) is 0 Å². The molecule has 0 atom stereocenters. The lowest BCUT2D eigenvalue weighted by atomic mass is 10.2. The number of halogens is 1. The number of hydrogen-bond acceptors (Lipinski definition) is 3. The molecule has 0 N–H and O–H groups in total. The molecule has 0 unspecified atom stereocenters. The summed E-state index contributed by atoms with van der Waals surface area (Å²) in [7, 11) is 1.72. The summed E-state index contributed by atoms with van der Waals surface area (Å²) >= 11 is 5.93. The van der Waals surface area contributed by atoms with Crippen LogP contribution in [0.25, 0.3) is 0 Å². The summed E-state index contributed by atoms with van der Waals surface area (Å²) in [5.74, 6) is -0.143. The van der Waals surface area contributed by atoms with Crippen molar-refractivity contribution >= 4 is 17.5 Å². The second-order valence-electron chi connectivity index (χ2n) is 4.00. The standard InChI is InChI=1S/C12H17ClN2O2/c1-9(2)17-7-6-15(3)12(16)10-8-14-5-4-11(10)13/h4-5,8-9H,6-7H2,1-3H3. The summed E-state index contributed by atoms with van der Waals surface area (Å²) in [6.07, 6.45) is 3.20. The van der Waals surface area contributed by atoms with Crippen LogP contribution >= 0.6 is 11.6 Å². The lowest BCUT2D eigenvalue weighted by molar-refractivity contribution is 0.0532. The van der Waals surface area contributed by atoms with Gasteiger partial charge in [-0.15, -0.1) is 0 Å². The highest BCUT2D eigenvalue weighted by Crippen LogP contribution is 2.15. The number of hydrogen-bond donors (Lipinski definition) is 0. The Labute approximate surface area is 107 Å². The van der Waals surface area contributed by atoms with Gasteiger partial charge < -0.3 is 9.64 Å². The molecule has 0 aromatic carbocycles. The zero-order valence-electron chi connectivity index (χ0n) is 10.3. The van der Waals surface area contributed by atoms with Crippen LogP contribution in [-0.4, -0.2) is 42.1 Å². The first-order valence-corrected chi connectivity index (χ1v) is 5.86. The smallest absolute Gasteiger partial charge is 0.256 e. The first-order valence-electron chi connectivity index (χ1n) is 5.49. The van der Waals surface area contributed by atoms with Crippen molar-refractivity contribution in [2.24, 2.45) is 0 Å². The van der Waals surface area contributed by atoms with Crippen LogP contribution in [0.15, 0.2) is 18.5 Å². The van der Waals surface area contributed by atoms with Gasteiger partial charge in [-0.3, -0.25) is 9.78 Å². The molecule has 0 aliphatic heterocycles. The van der Waals surface area contributed by atoms with Crippen LogP contribution in [0.2, 0.25) is 5.02 Å². The topological polar surface area (TPSA) is 42.4 Å². The van der Waals surface area contributed by atoms with Gasteiger partial charge in [-0.05, 0) is 19.9 Å². The van der Waals surface area contributed by atoms with Crippen LogP contribution < -0.4 is 0 Å². The highest BCUT2D eigenvalue weighted by atomic mass is 35.5. The maximum Gasteiger partial charge on any atom is 0.256 e. The number of aromatic nitrogens is 1. The van der Waals surface area contributed by atoms with Crippen LogP contribution in [0.4, 0.5) is 0 Å². The third-order valence-electron chi connectivity index (χ3n) is 2.22. The predicted molar refractivity (Wildman–Crippen MR) is 67.3 cm³/mol. The molecule has 0 aliphatic carbocycles. The van der Waals surface area contributed by atoms with E-state index < -0.39 is 0 Å². The number of likely N-dealkylation sites (N-methyl/N-ethyl adjacent to an activating group) is 1. The van der Waals surface area contributed by atoms with Crippen molar-refractivity contribution in [2.45, 2.75) is 20.0 Å². The van der Waals surface area contributed by atoms with E-state index in [4.69, 9.17) is 16.3 Å². The first-order chi connectivity index (χ1) is 8.02. The molecule has 94 valence electrons. The second-order valence-corrected chi connectivity index (χ2v) is 4.41. The Kier molecular flexibility index (Phi) is 5.38. The van der Waals surface area contributed by atoms with Crippen molar-refractivity contribution in [3.05, 3.63) is 29.0 Å². The molecule has 0 fully saturated rings. The van der Waals surface area contributed by atoms with Gasteiger partial charge in [0.25, 0.3) is 5.91 Å². The van der Waals surface area contributed by atoms with Crippen LogP contribution in [0, 0.1) is 0 Å². The van der Waals surface area contributed by atoms with Crippen LogP contribution in [0.1, 0.15) is 24.2 Å². The second kappa shape index (κ2) is 6.57. The molecule has 0 spiro atoms. The van der Waals surface area contributed by atoms with E-state index in [0.29, 0.717) is 23.7 Å². The predicted octanol–water partition coefficient (Wildman–Crippen LogP) is 2.23. The zero-order chi connectivity index (χ0) is 12.8. The molecule has 0 saturated carbocycles. The molecule has 1 rings (SSSR count). The average Bonchev–Trinajstić information content (AvgIpc) is 2.28. The lowest BCUT2D eigenvalue weighted by Gasteiger charge is -2.18. The van der Waals surface area contributed by atoms with E-state index in [2.05, 4.69) is 4.98 Å². The van der Waals surface area contributed by atoms with E-state index in [1.54, 1.807) is 24.2 Å². The molecule has 1 heterocycles. The quantitative estimate of drug-likeness (QED) is 0.811. The molecule has 1 amide bonds. The number of rotatable bonds is 5. The number of carbonyl (C=O) groups is 1. The van der Waals surface area contributed by atoms with Crippen molar-refractivity contribution < 1.29 is 9.53 Å². The molecule has 0 saturated heterocycles. The molecular formula is C12H17ClN2O2. The summed E-state index contributed by atoms with van der Waals surface area (Å²) in [6, 6.07) is 1.60. The molecule has 5 heteroatoms. The number of amides is 1. The Balaban J connectivity index is 2.55. The molecule has 1 aromatic rings. The van der Waals surface area contributed by atoms with E-state index in [1.807, 2.05) is 13.8 Å². The summed E-state index contributed by atoms with van der Waals surface area (Å²) in [6.45, 7) is 4.96. The minimum atomic E-state index is -0.143. The summed E-state index contributed by atoms with van der Waals surface area (Å²) in [5.41, 5.74) is 0.418. The highest BCUT2D eigenvalue weighted by molar-refractivity contribution is 6.33. The van der Waals surface area contributed by atoms with E-state index in [9.17, 15) is 4.79 Å². The Morgan fingerprint density at radius 1 is 1.59 bits per heavy atom. The zero-order valence-corrected chi connectivity index (χ0v) is 11.1. The maximum atomic E-state index is 12.0. The molecular weight excluding hydrogens is 240 g/mol. The fourth-order valence-electron chi connectivity index (χ4n) is 1.27. The van der Waals surface area contributed by atoms with Gasteiger partial charge in [-0.25, -0.2) is 0 Å². The minimum absolute atomic E-state index is 0.143. The van der Waals surface area contributed by atoms with E-state index in [1.165, 1.54) is 6.20 Å². The average molecular weight is 257 g/mol. The number of ether oxygens (including phenoxy) is 1. The Morgan fingerprint density at radius 3 is 2.88 bits per heavy atom. The normalized spacial score (nSPS) is 10.6. The van der Waals surface area contributed by atoms with E-state index >= 15 is 0 Å². The summed E-state index contributed by atoms with van der Waals surface area (Å²) in [4.78, 5) is 17.5. The molecule has 0 radical (unpaired) electrons. The number of pyridine rings is 1. The van der Waals surface area contributed by atoms with Gasteiger partial charge in [0.1, 0.15) is 0 Å². The Hall–Kier alpha value is -1.13.